The Balaban J connectivity index is -0.000000182. The van der Waals surface area contributed by atoms with E-state index in [2.05, 4.69) is 17.9 Å². The Morgan fingerprint density at radius 1 is 1.17 bits per heavy atom. The van der Waals surface area contributed by atoms with E-state index in [9.17, 15) is 4.79 Å². The van der Waals surface area contributed by atoms with Gasteiger partial charge in [0, 0.05) is 20.0 Å². The van der Waals surface area contributed by atoms with Gasteiger partial charge in [0.1, 0.15) is 5.78 Å². The number of Topliss-reactive ketones (excluding diaryl/α,β-unsaturated/α-hetero) is 1. The lowest BCUT2D eigenvalue weighted by molar-refractivity contribution is -0.120. The van der Waals surface area contributed by atoms with Crippen LogP contribution in [0.1, 0.15) is 46.0 Å². The van der Waals surface area contributed by atoms with Crippen LogP contribution in [0.15, 0.2) is 25.3 Å². The molecular weight excluding hydrogens is 228 g/mol. The maximum atomic E-state index is 10.5. The first-order valence-electron chi connectivity index (χ1n) is 6.40. The van der Waals surface area contributed by atoms with Crippen LogP contribution in [0.2, 0.25) is 0 Å². The molecule has 0 bridgehead atoms. The van der Waals surface area contributed by atoms with Gasteiger partial charge < -0.3 is 9.84 Å². The molecule has 108 valence electrons. The van der Waals surface area contributed by atoms with E-state index in [0.29, 0.717) is 12.4 Å². The number of aliphatic hydroxyl groups is 1. The van der Waals surface area contributed by atoms with Gasteiger partial charge in [-0.15, -0.1) is 13.2 Å². The minimum atomic E-state index is 0.122. The van der Waals surface area contributed by atoms with E-state index in [0.717, 1.165) is 25.7 Å². The number of methoxy groups -OCH3 is 1. The maximum Gasteiger partial charge on any atom is 0.132 e. The molecule has 0 radical (unpaired) electrons. The Morgan fingerprint density at radius 2 is 1.56 bits per heavy atom. The van der Waals surface area contributed by atoms with E-state index in [-0.39, 0.29) is 6.61 Å². The molecule has 0 saturated heterocycles. The van der Waals surface area contributed by atoms with Crippen molar-refractivity contribution in [1.82, 2.24) is 0 Å². The number of allylic oxidation sites excluding steroid dienone is 2. The molecule has 0 aromatic carbocycles. The minimum Gasteiger partial charge on any atom is -0.394 e. The summed E-state index contributed by atoms with van der Waals surface area (Å²) >= 11 is 0. The molecule has 1 aliphatic carbocycles. The molecule has 1 N–H and O–H groups in total. The SMILES string of the molecule is C=CC.C=CC.COCCO.O=C1CCCCC1. The first-order valence-corrected chi connectivity index (χ1v) is 6.40. The standard InChI is InChI=1S/C6H10O.C3H8O2.2C3H6/c7-6-4-2-1-3-5-6;1-5-3-2-4;2*1-3-2/h1-5H2;4H,2-3H2,1H3;2*3H,1H2,2H3. The normalized spacial score (nSPS) is 12.6. The predicted molar refractivity (Wildman–Crippen MR) is 78.8 cm³/mol. The van der Waals surface area contributed by atoms with Crippen molar-refractivity contribution in [3.8, 4) is 0 Å². The fraction of sp³-hybridized carbons (Fsp3) is 0.667. The summed E-state index contributed by atoms with van der Waals surface area (Å²) in [6, 6.07) is 0. The van der Waals surface area contributed by atoms with Gasteiger partial charge in [-0.05, 0) is 26.7 Å². The Morgan fingerprint density at radius 3 is 1.67 bits per heavy atom. The molecule has 18 heavy (non-hydrogen) atoms. The fourth-order valence-electron chi connectivity index (χ4n) is 1.04. The van der Waals surface area contributed by atoms with Crippen molar-refractivity contribution >= 4 is 5.78 Å². The van der Waals surface area contributed by atoms with Crippen molar-refractivity contribution in [1.29, 1.82) is 0 Å². The lowest BCUT2D eigenvalue weighted by Gasteiger charge is -2.05. The van der Waals surface area contributed by atoms with E-state index in [4.69, 9.17) is 5.11 Å². The molecule has 1 fully saturated rings. The third kappa shape index (κ3) is 36.3. The molecule has 0 spiro atoms. The average molecular weight is 258 g/mol. The maximum absolute atomic E-state index is 10.5. The van der Waals surface area contributed by atoms with Gasteiger partial charge in [0.2, 0.25) is 0 Å². The van der Waals surface area contributed by atoms with Crippen LogP contribution in [0.3, 0.4) is 0 Å². The molecule has 1 rings (SSSR count). The number of hydrogen-bond donors (Lipinski definition) is 1. The molecule has 3 heteroatoms. The van der Waals surface area contributed by atoms with Gasteiger partial charge in [-0.3, -0.25) is 4.79 Å². The van der Waals surface area contributed by atoms with Gasteiger partial charge in [-0.2, -0.15) is 0 Å². The molecule has 1 aliphatic rings. The molecule has 0 aromatic heterocycles. The van der Waals surface area contributed by atoms with Gasteiger partial charge in [-0.25, -0.2) is 0 Å². The molecule has 0 aliphatic heterocycles. The summed E-state index contributed by atoms with van der Waals surface area (Å²) in [4.78, 5) is 10.5. The summed E-state index contributed by atoms with van der Waals surface area (Å²) in [7, 11) is 1.55. The largest absolute Gasteiger partial charge is 0.394 e. The summed E-state index contributed by atoms with van der Waals surface area (Å²) in [6.07, 6.45) is 8.74. The highest BCUT2D eigenvalue weighted by Crippen LogP contribution is 2.12. The summed E-state index contributed by atoms with van der Waals surface area (Å²) in [5.41, 5.74) is 0. The van der Waals surface area contributed by atoms with Crippen LogP contribution < -0.4 is 0 Å². The number of ether oxygens (including phenoxy) is 1. The quantitative estimate of drug-likeness (QED) is 0.771. The van der Waals surface area contributed by atoms with Crippen molar-refractivity contribution < 1.29 is 14.6 Å². The topological polar surface area (TPSA) is 46.5 Å². The van der Waals surface area contributed by atoms with E-state index in [1.165, 1.54) is 6.42 Å². The van der Waals surface area contributed by atoms with E-state index >= 15 is 0 Å². The van der Waals surface area contributed by atoms with Gasteiger partial charge in [0.05, 0.1) is 13.2 Å². The second kappa shape index (κ2) is 25.1. The third-order valence-corrected chi connectivity index (χ3v) is 1.71. The number of carbonyl (C=O) groups is 1. The monoisotopic (exact) mass is 258 g/mol. The summed E-state index contributed by atoms with van der Waals surface area (Å²) in [5, 5.41) is 7.94. The first kappa shape index (κ1) is 22.3. The average Bonchev–Trinajstić information content (AvgIpc) is 2.34. The van der Waals surface area contributed by atoms with Crippen LogP contribution in [0.5, 0.6) is 0 Å². The molecule has 0 unspecified atom stereocenters. The second-order valence-electron chi connectivity index (χ2n) is 3.63. The van der Waals surface area contributed by atoms with Gasteiger partial charge >= 0.3 is 0 Å². The zero-order chi connectivity index (χ0) is 14.6. The smallest absolute Gasteiger partial charge is 0.132 e. The van der Waals surface area contributed by atoms with Crippen molar-refractivity contribution in [2.75, 3.05) is 20.3 Å². The van der Waals surface area contributed by atoms with Gasteiger partial charge in [0.25, 0.3) is 0 Å². The van der Waals surface area contributed by atoms with Gasteiger partial charge in [0.15, 0.2) is 0 Å². The summed E-state index contributed by atoms with van der Waals surface area (Å²) < 4.78 is 4.44. The number of carbonyl (C=O) groups excluding carboxylic acids is 1. The van der Waals surface area contributed by atoms with Gasteiger partial charge in [-0.1, -0.05) is 18.6 Å². The number of aliphatic hydroxyl groups excluding tert-OH is 1. The van der Waals surface area contributed by atoms with Crippen LogP contribution in [-0.4, -0.2) is 31.2 Å². The van der Waals surface area contributed by atoms with Crippen molar-refractivity contribution in [3.63, 3.8) is 0 Å². The minimum absolute atomic E-state index is 0.122. The van der Waals surface area contributed by atoms with Crippen molar-refractivity contribution in [3.05, 3.63) is 25.3 Å². The Kier molecular flexibility index (Phi) is 31.0. The number of hydrogen-bond acceptors (Lipinski definition) is 3. The molecule has 0 amide bonds. The zero-order valence-corrected chi connectivity index (χ0v) is 12.3. The molecule has 0 aromatic rings. The van der Waals surface area contributed by atoms with Crippen LogP contribution in [0.25, 0.3) is 0 Å². The number of rotatable bonds is 2. The first-order chi connectivity index (χ1) is 8.64. The number of ketones is 1. The molecule has 3 nitrogen and oxygen atoms in total. The molecule has 0 atom stereocenters. The van der Waals surface area contributed by atoms with Crippen molar-refractivity contribution in [2.24, 2.45) is 0 Å². The zero-order valence-electron chi connectivity index (χ0n) is 12.3. The molecule has 0 heterocycles. The third-order valence-electron chi connectivity index (χ3n) is 1.71. The molecule has 1 saturated carbocycles. The summed E-state index contributed by atoms with van der Waals surface area (Å²) in [5.74, 6) is 0.464. The lowest BCUT2D eigenvalue weighted by atomic mass is 10.00. The molecular formula is C15H30O3. The van der Waals surface area contributed by atoms with Crippen LogP contribution >= 0.6 is 0 Å². The summed E-state index contributed by atoms with van der Waals surface area (Å²) in [6.45, 7) is 11.1. The lowest BCUT2D eigenvalue weighted by Crippen LogP contribution is -2.02. The highest BCUT2D eigenvalue weighted by molar-refractivity contribution is 5.78. The Labute approximate surface area is 113 Å². The van der Waals surface area contributed by atoms with E-state index in [1.807, 2.05) is 13.8 Å². The Hall–Kier alpha value is -0.930. The highest BCUT2D eigenvalue weighted by atomic mass is 16.5. The fourth-order valence-corrected chi connectivity index (χ4v) is 1.04. The highest BCUT2D eigenvalue weighted by Gasteiger charge is 2.05. The Bertz CT molecular complexity index is 161. The van der Waals surface area contributed by atoms with Crippen LogP contribution in [0, 0.1) is 0 Å². The second-order valence-corrected chi connectivity index (χ2v) is 3.63. The predicted octanol–water partition coefficient (Wildman–Crippen LogP) is 3.53. The van der Waals surface area contributed by atoms with E-state index in [1.54, 1.807) is 19.3 Å². The van der Waals surface area contributed by atoms with Crippen molar-refractivity contribution in [2.45, 2.75) is 46.0 Å². The van der Waals surface area contributed by atoms with E-state index < -0.39 is 0 Å². The van der Waals surface area contributed by atoms with Crippen LogP contribution in [-0.2, 0) is 9.53 Å². The van der Waals surface area contributed by atoms with Crippen LogP contribution in [0.4, 0.5) is 0 Å².